The summed E-state index contributed by atoms with van der Waals surface area (Å²) < 4.78 is 1.50. The lowest BCUT2D eigenvalue weighted by molar-refractivity contribution is -0.115. The van der Waals surface area contributed by atoms with Crippen molar-refractivity contribution in [1.29, 1.82) is 5.26 Å². The average molecular weight is 288 g/mol. The summed E-state index contributed by atoms with van der Waals surface area (Å²) in [6.07, 6.45) is 0. The highest BCUT2D eigenvalue weighted by molar-refractivity contribution is 8.00. The quantitative estimate of drug-likeness (QED) is 0.849. The molecule has 1 unspecified atom stereocenters. The van der Waals surface area contributed by atoms with Crippen molar-refractivity contribution in [2.45, 2.75) is 17.3 Å². The van der Waals surface area contributed by atoms with E-state index in [2.05, 4.69) is 20.8 Å². The number of hydrogen-bond donors (Lipinski definition) is 1. The van der Waals surface area contributed by atoms with E-state index in [-0.39, 0.29) is 11.2 Å². The van der Waals surface area contributed by atoms with Gasteiger partial charge < -0.3 is 5.32 Å². The van der Waals surface area contributed by atoms with Crippen molar-refractivity contribution in [3.63, 3.8) is 0 Å². The fraction of sp³-hybridized carbons (Fsp3) is 0.250. The topological polar surface area (TPSA) is 96.5 Å². The predicted octanol–water partition coefficient (Wildman–Crippen LogP) is 1.20. The first-order valence-electron chi connectivity index (χ1n) is 5.81. The third-order valence-corrected chi connectivity index (χ3v) is 3.66. The number of nitriles is 1. The predicted molar refractivity (Wildman–Crippen MR) is 73.9 cm³/mol. The van der Waals surface area contributed by atoms with Gasteiger partial charge in [-0.25, -0.2) is 4.68 Å². The molecule has 1 amide bonds. The second-order valence-electron chi connectivity index (χ2n) is 3.99. The lowest BCUT2D eigenvalue weighted by atomic mass is 10.2. The summed E-state index contributed by atoms with van der Waals surface area (Å²) in [4.78, 5) is 12.1. The zero-order valence-corrected chi connectivity index (χ0v) is 11.8. The van der Waals surface area contributed by atoms with Crippen LogP contribution in [0.4, 0.5) is 5.69 Å². The highest BCUT2D eigenvalue weighted by Crippen LogP contribution is 2.21. The second kappa shape index (κ2) is 6.16. The summed E-state index contributed by atoms with van der Waals surface area (Å²) in [7, 11) is 1.71. The molecule has 0 aliphatic carbocycles. The second-order valence-corrected chi connectivity index (χ2v) is 5.30. The van der Waals surface area contributed by atoms with E-state index in [1.165, 1.54) is 16.4 Å². The van der Waals surface area contributed by atoms with Crippen LogP contribution in [0.3, 0.4) is 0 Å². The molecule has 1 aromatic carbocycles. The molecule has 0 spiro atoms. The lowest BCUT2D eigenvalue weighted by Gasteiger charge is -2.11. The number of tetrazole rings is 1. The number of anilines is 1. The van der Waals surface area contributed by atoms with Gasteiger partial charge in [0.15, 0.2) is 0 Å². The maximum Gasteiger partial charge on any atom is 0.237 e. The van der Waals surface area contributed by atoms with Crippen LogP contribution >= 0.6 is 11.8 Å². The highest BCUT2D eigenvalue weighted by Gasteiger charge is 2.18. The van der Waals surface area contributed by atoms with Crippen molar-refractivity contribution in [3.8, 4) is 6.07 Å². The first-order chi connectivity index (χ1) is 9.61. The number of carbonyl (C=O) groups excluding carboxylic acids is 1. The Balaban J connectivity index is 2.05. The van der Waals surface area contributed by atoms with Crippen LogP contribution in [0, 0.1) is 11.3 Å². The van der Waals surface area contributed by atoms with E-state index >= 15 is 0 Å². The Morgan fingerprint density at radius 2 is 2.25 bits per heavy atom. The Labute approximate surface area is 120 Å². The average Bonchev–Trinajstić information content (AvgIpc) is 2.84. The fourth-order valence-electron chi connectivity index (χ4n) is 1.46. The largest absolute Gasteiger partial charge is 0.324 e. The molecule has 1 atom stereocenters. The first kappa shape index (κ1) is 14.0. The van der Waals surface area contributed by atoms with Gasteiger partial charge in [0.05, 0.1) is 16.5 Å². The van der Waals surface area contributed by atoms with Gasteiger partial charge in [0.2, 0.25) is 11.1 Å². The van der Waals surface area contributed by atoms with Gasteiger partial charge in [-0.2, -0.15) is 5.26 Å². The van der Waals surface area contributed by atoms with Gasteiger partial charge in [-0.3, -0.25) is 4.79 Å². The minimum atomic E-state index is -0.383. The van der Waals surface area contributed by atoms with E-state index in [1.54, 1.807) is 38.2 Å². The standard InChI is InChI=1S/C12H12N6OS/c1-8(20-12-15-16-17-18(12)2)11(19)14-10-6-4-3-5-9(10)7-13/h3-6,8H,1-2H3,(H,14,19). The van der Waals surface area contributed by atoms with Crippen molar-refractivity contribution in [2.75, 3.05) is 5.32 Å². The van der Waals surface area contributed by atoms with Gasteiger partial charge in [0.25, 0.3) is 0 Å². The Morgan fingerprint density at radius 3 is 2.90 bits per heavy atom. The summed E-state index contributed by atoms with van der Waals surface area (Å²) in [6.45, 7) is 1.75. The zero-order valence-electron chi connectivity index (χ0n) is 10.9. The van der Waals surface area contributed by atoms with E-state index in [9.17, 15) is 4.79 Å². The first-order valence-corrected chi connectivity index (χ1v) is 6.69. The number of aryl methyl sites for hydroxylation is 1. The van der Waals surface area contributed by atoms with E-state index in [4.69, 9.17) is 5.26 Å². The van der Waals surface area contributed by atoms with Crippen molar-refractivity contribution >= 4 is 23.4 Å². The van der Waals surface area contributed by atoms with E-state index < -0.39 is 0 Å². The molecule has 20 heavy (non-hydrogen) atoms. The molecule has 0 aliphatic heterocycles. The lowest BCUT2D eigenvalue weighted by Crippen LogP contribution is -2.23. The van der Waals surface area contributed by atoms with Crippen LogP contribution in [0.1, 0.15) is 12.5 Å². The Kier molecular flexibility index (Phi) is 4.32. The minimum Gasteiger partial charge on any atom is -0.324 e. The number of para-hydroxylation sites is 1. The summed E-state index contributed by atoms with van der Waals surface area (Å²) in [5.74, 6) is -0.208. The van der Waals surface area contributed by atoms with Gasteiger partial charge in [-0.05, 0) is 29.5 Å². The van der Waals surface area contributed by atoms with Crippen molar-refractivity contribution in [3.05, 3.63) is 29.8 Å². The molecule has 7 nitrogen and oxygen atoms in total. The van der Waals surface area contributed by atoms with Crippen molar-refractivity contribution in [1.82, 2.24) is 20.2 Å². The van der Waals surface area contributed by atoms with Crippen molar-refractivity contribution in [2.24, 2.45) is 7.05 Å². The highest BCUT2D eigenvalue weighted by atomic mass is 32.2. The van der Waals surface area contributed by atoms with E-state index in [0.717, 1.165) is 0 Å². The Morgan fingerprint density at radius 1 is 1.50 bits per heavy atom. The molecule has 0 aliphatic rings. The Bertz CT molecular complexity index is 662. The molecule has 0 bridgehead atoms. The number of benzene rings is 1. The third-order valence-electron chi connectivity index (χ3n) is 2.54. The number of aromatic nitrogens is 4. The van der Waals surface area contributed by atoms with Crippen molar-refractivity contribution < 1.29 is 4.79 Å². The van der Waals surface area contributed by atoms with Gasteiger partial charge in [-0.15, -0.1) is 5.10 Å². The molecular weight excluding hydrogens is 276 g/mol. The normalized spacial score (nSPS) is 11.7. The van der Waals surface area contributed by atoms with Crippen LogP contribution in [-0.4, -0.2) is 31.4 Å². The maximum absolute atomic E-state index is 12.1. The molecule has 1 heterocycles. The van der Waals surface area contributed by atoms with Crippen LogP contribution in [0.15, 0.2) is 29.4 Å². The number of nitrogens with zero attached hydrogens (tertiary/aromatic N) is 5. The zero-order chi connectivity index (χ0) is 14.5. The van der Waals surface area contributed by atoms with Gasteiger partial charge in [0.1, 0.15) is 6.07 Å². The van der Waals surface area contributed by atoms with Gasteiger partial charge in [-0.1, -0.05) is 23.9 Å². The molecule has 8 heteroatoms. The summed E-state index contributed by atoms with van der Waals surface area (Å²) in [5, 5.41) is 22.9. The van der Waals surface area contributed by atoms with Crippen LogP contribution in [0.5, 0.6) is 0 Å². The monoisotopic (exact) mass is 288 g/mol. The summed E-state index contributed by atoms with van der Waals surface area (Å²) >= 11 is 1.25. The minimum absolute atomic E-state index is 0.208. The SMILES string of the molecule is CC(Sc1nnnn1C)C(=O)Nc1ccccc1C#N. The molecule has 0 saturated carbocycles. The number of nitrogens with one attached hydrogen (secondary N) is 1. The van der Waals surface area contributed by atoms with Crippen LogP contribution < -0.4 is 5.32 Å². The van der Waals surface area contributed by atoms with Crippen LogP contribution in [0.25, 0.3) is 0 Å². The molecule has 0 fully saturated rings. The van der Waals surface area contributed by atoms with Crippen LogP contribution in [0.2, 0.25) is 0 Å². The van der Waals surface area contributed by atoms with Crippen LogP contribution in [-0.2, 0) is 11.8 Å². The smallest absolute Gasteiger partial charge is 0.237 e. The molecule has 0 saturated heterocycles. The number of amides is 1. The van der Waals surface area contributed by atoms with E-state index in [1.807, 2.05) is 6.07 Å². The molecule has 0 radical (unpaired) electrons. The number of carbonyl (C=O) groups is 1. The van der Waals surface area contributed by atoms with Gasteiger partial charge >= 0.3 is 0 Å². The molecule has 2 aromatic rings. The molecule has 102 valence electrons. The van der Waals surface area contributed by atoms with E-state index in [0.29, 0.717) is 16.4 Å². The molecule has 1 aromatic heterocycles. The number of thioether (sulfide) groups is 1. The summed E-state index contributed by atoms with van der Waals surface area (Å²) in [6, 6.07) is 8.89. The molecule has 1 N–H and O–H groups in total. The fourth-order valence-corrected chi connectivity index (χ4v) is 2.21. The Hall–Kier alpha value is -2.40. The molecule has 2 rings (SSSR count). The summed E-state index contributed by atoms with van der Waals surface area (Å²) in [5.41, 5.74) is 0.932. The number of rotatable bonds is 4. The van der Waals surface area contributed by atoms with Gasteiger partial charge in [0, 0.05) is 7.05 Å². The maximum atomic E-state index is 12.1. The third kappa shape index (κ3) is 3.13. The molecular formula is C12H12N6OS. The number of hydrogen-bond acceptors (Lipinski definition) is 6.